The highest BCUT2D eigenvalue weighted by Gasteiger charge is 2.24. The molecule has 0 saturated heterocycles. The average Bonchev–Trinajstić information content (AvgIpc) is 2.91. The number of aryl methyl sites for hydroxylation is 1. The van der Waals surface area contributed by atoms with Crippen molar-refractivity contribution in [2.45, 2.75) is 18.9 Å². The van der Waals surface area contributed by atoms with Crippen LogP contribution in [0.1, 0.15) is 22.9 Å². The number of rotatable bonds is 3. The van der Waals surface area contributed by atoms with Gasteiger partial charge in [-0.2, -0.15) is 0 Å². The van der Waals surface area contributed by atoms with Gasteiger partial charge in [-0.15, -0.1) is 11.3 Å². The van der Waals surface area contributed by atoms with Crippen molar-refractivity contribution in [2.24, 2.45) is 0 Å². The second-order valence-corrected chi connectivity index (χ2v) is 6.02. The maximum absolute atomic E-state index is 6.05. The summed E-state index contributed by atoms with van der Waals surface area (Å²) >= 11 is 7.74. The number of methoxy groups -OCH3 is 1. The van der Waals surface area contributed by atoms with Crippen molar-refractivity contribution < 1.29 is 4.74 Å². The second kappa shape index (κ2) is 4.78. The molecule has 0 aromatic carbocycles. The third kappa shape index (κ3) is 2.18. The molecule has 1 aliphatic rings. The van der Waals surface area contributed by atoms with Crippen LogP contribution in [0.25, 0.3) is 0 Å². The van der Waals surface area contributed by atoms with Gasteiger partial charge < -0.3 is 10.1 Å². The summed E-state index contributed by atoms with van der Waals surface area (Å²) in [5.41, 5.74) is 2.34. The number of anilines is 1. The quantitative estimate of drug-likeness (QED) is 0.926. The second-order valence-electron chi connectivity index (χ2n) is 4.25. The third-order valence-corrected chi connectivity index (χ3v) is 4.47. The minimum atomic E-state index is 0.346. The van der Waals surface area contributed by atoms with E-state index in [4.69, 9.17) is 16.3 Å². The fourth-order valence-corrected chi connectivity index (χ4v) is 3.62. The Bertz CT molecular complexity index is 553. The lowest BCUT2D eigenvalue weighted by Gasteiger charge is -2.14. The predicted molar refractivity (Wildman–Crippen MR) is 74.8 cm³/mol. The van der Waals surface area contributed by atoms with E-state index in [2.05, 4.69) is 16.4 Å². The van der Waals surface area contributed by atoms with E-state index < -0.39 is 0 Å². The number of hydrogen-bond acceptors (Lipinski definition) is 4. The SMILES string of the molecule is COc1ccc(NC2CCc3sc(Cl)cc32)cn1. The highest BCUT2D eigenvalue weighted by molar-refractivity contribution is 7.16. The predicted octanol–water partition coefficient (Wildman–Crippen LogP) is 3.90. The molecule has 94 valence electrons. The minimum Gasteiger partial charge on any atom is -0.481 e. The Morgan fingerprint density at radius 1 is 1.50 bits per heavy atom. The molecule has 3 nitrogen and oxygen atoms in total. The smallest absolute Gasteiger partial charge is 0.213 e. The fraction of sp³-hybridized carbons (Fsp3) is 0.308. The van der Waals surface area contributed by atoms with Gasteiger partial charge in [0.25, 0.3) is 0 Å². The molecule has 2 aromatic heterocycles. The molecule has 0 bridgehead atoms. The largest absolute Gasteiger partial charge is 0.481 e. The van der Waals surface area contributed by atoms with Crippen molar-refractivity contribution in [1.82, 2.24) is 4.98 Å². The summed E-state index contributed by atoms with van der Waals surface area (Å²) in [4.78, 5) is 5.59. The van der Waals surface area contributed by atoms with Crippen LogP contribution < -0.4 is 10.1 Å². The van der Waals surface area contributed by atoms with E-state index in [1.807, 2.05) is 12.1 Å². The molecule has 1 atom stereocenters. The fourth-order valence-electron chi connectivity index (χ4n) is 2.27. The first-order valence-corrected chi connectivity index (χ1v) is 7.00. The summed E-state index contributed by atoms with van der Waals surface area (Å²) in [6, 6.07) is 6.26. The van der Waals surface area contributed by atoms with Gasteiger partial charge in [0.1, 0.15) is 0 Å². The number of pyridine rings is 1. The van der Waals surface area contributed by atoms with Crippen molar-refractivity contribution in [3.05, 3.63) is 39.2 Å². The van der Waals surface area contributed by atoms with Crippen molar-refractivity contribution in [3.63, 3.8) is 0 Å². The number of ether oxygens (including phenoxy) is 1. The van der Waals surface area contributed by atoms with Crippen LogP contribution in [0.5, 0.6) is 5.88 Å². The van der Waals surface area contributed by atoms with Crippen molar-refractivity contribution >= 4 is 28.6 Å². The Labute approximate surface area is 115 Å². The van der Waals surface area contributed by atoms with Gasteiger partial charge >= 0.3 is 0 Å². The van der Waals surface area contributed by atoms with Gasteiger partial charge in [0, 0.05) is 10.9 Å². The molecule has 0 radical (unpaired) electrons. The third-order valence-electron chi connectivity index (χ3n) is 3.13. The van der Waals surface area contributed by atoms with E-state index in [0.29, 0.717) is 11.9 Å². The number of fused-ring (bicyclic) bond motifs is 1. The topological polar surface area (TPSA) is 34.1 Å². The number of nitrogens with zero attached hydrogens (tertiary/aromatic N) is 1. The Kier molecular flexibility index (Phi) is 3.14. The summed E-state index contributed by atoms with van der Waals surface area (Å²) in [7, 11) is 1.62. The van der Waals surface area contributed by atoms with Gasteiger partial charge in [-0.1, -0.05) is 11.6 Å². The normalized spacial score (nSPS) is 17.6. The van der Waals surface area contributed by atoms with Crippen LogP contribution in [0.4, 0.5) is 5.69 Å². The van der Waals surface area contributed by atoms with Crippen LogP contribution in [0.2, 0.25) is 4.34 Å². The Morgan fingerprint density at radius 3 is 3.11 bits per heavy atom. The number of aromatic nitrogens is 1. The number of hydrogen-bond donors (Lipinski definition) is 1. The van der Waals surface area contributed by atoms with Gasteiger partial charge in [-0.25, -0.2) is 4.98 Å². The highest BCUT2D eigenvalue weighted by Crippen LogP contribution is 2.40. The maximum atomic E-state index is 6.05. The zero-order chi connectivity index (χ0) is 12.5. The van der Waals surface area contributed by atoms with Gasteiger partial charge in [0.15, 0.2) is 0 Å². The first-order valence-electron chi connectivity index (χ1n) is 5.81. The first kappa shape index (κ1) is 11.8. The molecule has 0 amide bonds. The van der Waals surface area contributed by atoms with E-state index in [1.165, 1.54) is 10.4 Å². The monoisotopic (exact) mass is 280 g/mol. The molecule has 3 rings (SSSR count). The van der Waals surface area contributed by atoms with Gasteiger partial charge in [0.2, 0.25) is 5.88 Å². The van der Waals surface area contributed by atoms with Gasteiger partial charge in [-0.05, 0) is 30.5 Å². The molecule has 0 spiro atoms. The van der Waals surface area contributed by atoms with Gasteiger partial charge in [-0.3, -0.25) is 0 Å². The summed E-state index contributed by atoms with van der Waals surface area (Å²) < 4.78 is 5.92. The van der Waals surface area contributed by atoms with Crippen LogP contribution in [0.3, 0.4) is 0 Å². The Balaban J connectivity index is 1.77. The summed E-state index contributed by atoms with van der Waals surface area (Å²) in [6.07, 6.45) is 4.02. The number of thiophene rings is 1. The van der Waals surface area contributed by atoms with Gasteiger partial charge in [0.05, 0.1) is 29.4 Å². The molecule has 1 aliphatic carbocycles. The van der Waals surface area contributed by atoms with Crippen LogP contribution in [-0.2, 0) is 6.42 Å². The van der Waals surface area contributed by atoms with E-state index in [-0.39, 0.29) is 0 Å². The van der Waals surface area contributed by atoms with E-state index >= 15 is 0 Å². The molecule has 5 heteroatoms. The summed E-state index contributed by atoms with van der Waals surface area (Å²) in [6.45, 7) is 0. The molecule has 1 unspecified atom stereocenters. The Morgan fingerprint density at radius 2 is 2.39 bits per heavy atom. The zero-order valence-corrected chi connectivity index (χ0v) is 11.5. The van der Waals surface area contributed by atoms with Crippen molar-refractivity contribution in [3.8, 4) is 5.88 Å². The zero-order valence-electron chi connectivity index (χ0n) is 9.94. The summed E-state index contributed by atoms with van der Waals surface area (Å²) in [5.74, 6) is 0.631. The highest BCUT2D eigenvalue weighted by atomic mass is 35.5. The van der Waals surface area contributed by atoms with E-state index in [1.54, 1.807) is 24.6 Å². The standard InChI is InChI=1S/C13H13ClN2OS/c1-17-13-5-2-8(7-15-13)16-10-3-4-11-9(10)6-12(14)18-11/h2,5-7,10,16H,3-4H2,1H3. The lowest BCUT2D eigenvalue weighted by atomic mass is 10.1. The van der Waals surface area contributed by atoms with E-state index in [9.17, 15) is 0 Å². The molecule has 18 heavy (non-hydrogen) atoms. The average molecular weight is 281 g/mol. The minimum absolute atomic E-state index is 0.346. The molecule has 2 aromatic rings. The van der Waals surface area contributed by atoms with Crippen LogP contribution in [-0.4, -0.2) is 12.1 Å². The van der Waals surface area contributed by atoms with Crippen LogP contribution in [0.15, 0.2) is 24.4 Å². The molecule has 0 fully saturated rings. The molecular weight excluding hydrogens is 268 g/mol. The molecule has 1 N–H and O–H groups in total. The molecule has 0 aliphatic heterocycles. The van der Waals surface area contributed by atoms with Crippen LogP contribution in [0, 0.1) is 0 Å². The van der Waals surface area contributed by atoms with Crippen LogP contribution >= 0.6 is 22.9 Å². The Hall–Kier alpha value is -1.26. The molecule has 0 saturated carbocycles. The van der Waals surface area contributed by atoms with Crippen molar-refractivity contribution in [2.75, 3.05) is 12.4 Å². The molecule has 2 heterocycles. The number of nitrogens with one attached hydrogen (secondary N) is 1. The summed E-state index contributed by atoms with van der Waals surface area (Å²) in [5, 5.41) is 3.49. The van der Waals surface area contributed by atoms with Crippen molar-refractivity contribution in [1.29, 1.82) is 0 Å². The van der Waals surface area contributed by atoms with E-state index in [0.717, 1.165) is 22.9 Å². The lowest BCUT2D eigenvalue weighted by Crippen LogP contribution is -2.06. The number of halogens is 1. The first-order chi connectivity index (χ1) is 8.76. The lowest BCUT2D eigenvalue weighted by molar-refractivity contribution is 0.398. The maximum Gasteiger partial charge on any atom is 0.213 e. The molecular formula is C13H13ClN2OS.